The van der Waals surface area contributed by atoms with Crippen LogP contribution in [0.3, 0.4) is 0 Å². The van der Waals surface area contributed by atoms with E-state index in [1.54, 1.807) is 0 Å². The number of H-pyrrole nitrogens is 1. The van der Waals surface area contributed by atoms with Gasteiger partial charge in [0.15, 0.2) is 5.82 Å². The van der Waals surface area contributed by atoms with Gasteiger partial charge in [0.25, 0.3) is 5.56 Å². The van der Waals surface area contributed by atoms with Crippen LogP contribution in [0.4, 0.5) is 0 Å². The third-order valence-electron chi connectivity index (χ3n) is 8.17. The fourth-order valence-corrected chi connectivity index (χ4v) is 6.35. The van der Waals surface area contributed by atoms with Gasteiger partial charge in [-0.15, -0.1) is 5.10 Å². The Bertz CT molecular complexity index is 1190. The van der Waals surface area contributed by atoms with Crippen molar-refractivity contribution >= 4 is 10.9 Å². The Labute approximate surface area is 208 Å². The molecular weight excluding hydrogens is 436 g/mol. The van der Waals surface area contributed by atoms with Gasteiger partial charge in [-0.2, -0.15) is 0 Å². The number of pyridine rings is 1. The number of benzene rings is 1. The zero-order valence-electron chi connectivity index (χ0n) is 21.5. The largest absolute Gasteiger partial charge is 0.322 e. The lowest BCUT2D eigenvalue weighted by Gasteiger charge is -2.41. The molecule has 0 spiro atoms. The summed E-state index contributed by atoms with van der Waals surface area (Å²) in [5.41, 5.74) is 2.90. The molecule has 2 aliphatic carbocycles. The Morgan fingerprint density at radius 1 is 1.03 bits per heavy atom. The predicted octanol–water partition coefficient (Wildman–Crippen LogP) is 5.86. The van der Waals surface area contributed by atoms with Crippen LogP contribution in [0.5, 0.6) is 0 Å². The van der Waals surface area contributed by atoms with E-state index in [2.05, 4.69) is 75.1 Å². The van der Waals surface area contributed by atoms with Crippen LogP contribution < -0.4 is 5.56 Å². The molecule has 7 nitrogen and oxygen atoms in total. The molecular formula is C28H40N6O. The van der Waals surface area contributed by atoms with Crippen molar-refractivity contribution in [3.05, 3.63) is 51.6 Å². The number of nitrogens with one attached hydrogen (secondary N) is 1. The minimum Gasteiger partial charge on any atom is -0.322 e. The van der Waals surface area contributed by atoms with Gasteiger partial charge in [-0.3, -0.25) is 9.69 Å². The molecule has 0 radical (unpaired) electrons. The van der Waals surface area contributed by atoms with Crippen molar-refractivity contribution in [2.24, 2.45) is 5.92 Å². The zero-order valence-corrected chi connectivity index (χ0v) is 21.5. The fraction of sp³-hybridized carbons (Fsp3) is 0.643. The highest BCUT2D eigenvalue weighted by Crippen LogP contribution is 2.37. The third-order valence-corrected chi connectivity index (χ3v) is 8.17. The Morgan fingerprint density at radius 2 is 1.74 bits per heavy atom. The lowest BCUT2D eigenvalue weighted by atomic mass is 9.89. The quantitative estimate of drug-likeness (QED) is 0.462. The first-order valence-corrected chi connectivity index (χ1v) is 13.7. The van der Waals surface area contributed by atoms with E-state index >= 15 is 0 Å². The molecule has 2 heterocycles. The predicted molar refractivity (Wildman–Crippen MR) is 139 cm³/mol. The van der Waals surface area contributed by atoms with Crippen molar-refractivity contribution in [3.63, 3.8) is 0 Å². The van der Waals surface area contributed by atoms with Gasteiger partial charge in [-0.05, 0) is 72.0 Å². The standard InChI is InChI=1S/C28H40N6O/c1-19(2)26(27-30-31-32-34(27)24-12-8-5-9-13-24)33(23-10-6-4-7-11-23)18-22-17-21-15-14-20(3)16-25(21)29-28(22)35/h14-17,19,23-24,26H,4-13,18H2,1-3H3,(H,29,35)/t26-/m1/s1. The molecule has 2 aliphatic rings. The molecule has 2 saturated carbocycles. The maximum atomic E-state index is 13.2. The molecule has 0 bridgehead atoms. The summed E-state index contributed by atoms with van der Waals surface area (Å²) in [5.74, 6) is 1.30. The van der Waals surface area contributed by atoms with Crippen LogP contribution in [0.25, 0.3) is 10.9 Å². The van der Waals surface area contributed by atoms with Crippen molar-refractivity contribution < 1.29 is 0 Å². The first-order chi connectivity index (χ1) is 17.0. The van der Waals surface area contributed by atoms with E-state index in [1.165, 1.54) is 51.4 Å². The molecule has 0 amide bonds. The van der Waals surface area contributed by atoms with Crippen LogP contribution in [0.15, 0.2) is 29.1 Å². The van der Waals surface area contributed by atoms with E-state index in [-0.39, 0.29) is 11.6 Å². The summed E-state index contributed by atoms with van der Waals surface area (Å²) in [4.78, 5) is 18.9. The number of aromatic nitrogens is 5. The lowest BCUT2D eigenvalue weighted by Crippen LogP contribution is -2.43. The highest BCUT2D eigenvalue weighted by Gasteiger charge is 2.36. The van der Waals surface area contributed by atoms with Crippen molar-refractivity contribution in [1.82, 2.24) is 30.1 Å². The first kappa shape index (κ1) is 24.2. The average Bonchev–Trinajstić information content (AvgIpc) is 3.34. The van der Waals surface area contributed by atoms with Gasteiger partial charge in [0.05, 0.1) is 12.1 Å². The molecule has 2 fully saturated rings. The van der Waals surface area contributed by atoms with Crippen molar-refractivity contribution in [2.75, 3.05) is 0 Å². The Morgan fingerprint density at radius 3 is 2.46 bits per heavy atom. The van der Waals surface area contributed by atoms with Gasteiger partial charge in [-0.25, -0.2) is 4.68 Å². The van der Waals surface area contributed by atoms with Crippen LogP contribution in [0.1, 0.15) is 107 Å². The van der Waals surface area contributed by atoms with Gasteiger partial charge >= 0.3 is 0 Å². The molecule has 188 valence electrons. The van der Waals surface area contributed by atoms with E-state index in [0.29, 0.717) is 24.5 Å². The van der Waals surface area contributed by atoms with Gasteiger partial charge in [0.1, 0.15) is 0 Å². The van der Waals surface area contributed by atoms with Gasteiger partial charge in [0.2, 0.25) is 0 Å². The molecule has 2 aromatic heterocycles. The molecule has 1 atom stereocenters. The fourth-order valence-electron chi connectivity index (χ4n) is 6.35. The van der Waals surface area contributed by atoms with Gasteiger partial charge in [0, 0.05) is 23.7 Å². The van der Waals surface area contributed by atoms with Crippen LogP contribution in [-0.2, 0) is 6.54 Å². The molecule has 5 rings (SSSR count). The maximum Gasteiger partial charge on any atom is 0.252 e. The molecule has 0 aliphatic heterocycles. The SMILES string of the molecule is Cc1ccc2cc(CN(C3CCCCC3)[C@@H](c3nnnn3C3CCCCC3)C(C)C)c(=O)[nH]c2c1. The number of fused-ring (bicyclic) bond motifs is 1. The summed E-state index contributed by atoms with van der Waals surface area (Å²) in [6, 6.07) is 9.25. The molecule has 3 aromatic rings. The summed E-state index contributed by atoms with van der Waals surface area (Å²) in [5, 5.41) is 14.4. The molecule has 1 aromatic carbocycles. The Hall–Kier alpha value is -2.54. The lowest BCUT2D eigenvalue weighted by molar-refractivity contribution is 0.0590. The van der Waals surface area contributed by atoms with Crippen molar-refractivity contribution in [1.29, 1.82) is 0 Å². The number of nitrogens with zero attached hydrogens (tertiary/aromatic N) is 5. The Balaban J connectivity index is 1.54. The van der Waals surface area contributed by atoms with Gasteiger partial charge in [-0.1, -0.05) is 64.5 Å². The van der Waals surface area contributed by atoms with E-state index in [0.717, 1.165) is 40.7 Å². The van der Waals surface area contributed by atoms with E-state index in [4.69, 9.17) is 0 Å². The summed E-state index contributed by atoms with van der Waals surface area (Å²) in [6.45, 7) is 7.21. The maximum absolute atomic E-state index is 13.2. The van der Waals surface area contributed by atoms with E-state index in [9.17, 15) is 4.79 Å². The first-order valence-electron chi connectivity index (χ1n) is 13.7. The van der Waals surface area contributed by atoms with E-state index in [1.807, 2.05) is 0 Å². The van der Waals surface area contributed by atoms with Crippen molar-refractivity contribution in [2.45, 2.75) is 110 Å². The molecule has 0 unspecified atom stereocenters. The number of hydrogen-bond acceptors (Lipinski definition) is 5. The number of aryl methyl sites for hydroxylation is 1. The summed E-state index contributed by atoms with van der Waals surface area (Å²) in [7, 11) is 0. The van der Waals surface area contributed by atoms with Crippen LogP contribution in [0.2, 0.25) is 0 Å². The second kappa shape index (κ2) is 10.6. The number of tetrazole rings is 1. The van der Waals surface area contributed by atoms with Crippen LogP contribution >= 0.6 is 0 Å². The average molecular weight is 477 g/mol. The number of aromatic amines is 1. The third kappa shape index (κ3) is 5.20. The second-order valence-corrected chi connectivity index (χ2v) is 11.1. The van der Waals surface area contributed by atoms with Crippen LogP contribution in [0, 0.1) is 12.8 Å². The summed E-state index contributed by atoms with van der Waals surface area (Å²) >= 11 is 0. The molecule has 35 heavy (non-hydrogen) atoms. The molecule has 1 N–H and O–H groups in total. The highest BCUT2D eigenvalue weighted by atomic mass is 16.1. The normalized spacial score (nSPS) is 19.1. The zero-order chi connectivity index (χ0) is 24.4. The van der Waals surface area contributed by atoms with Gasteiger partial charge < -0.3 is 4.98 Å². The topological polar surface area (TPSA) is 79.7 Å². The Kier molecular flexibility index (Phi) is 7.32. The minimum absolute atomic E-state index is 0.0123. The highest BCUT2D eigenvalue weighted by molar-refractivity contribution is 5.79. The molecule has 7 heteroatoms. The van der Waals surface area contributed by atoms with Crippen LogP contribution in [-0.4, -0.2) is 36.1 Å². The second-order valence-electron chi connectivity index (χ2n) is 11.1. The number of rotatable bonds is 7. The summed E-state index contributed by atoms with van der Waals surface area (Å²) in [6.07, 6.45) is 12.2. The minimum atomic E-state index is 0.0123. The summed E-state index contributed by atoms with van der Waals surface area (Å²) < 4.78 is 2.13. The van der Waals surface area contributed by atoms with E-state index < -0.39 is 0 Å². The van der Waals surface area contributed by atoms with Crippen molar-refractivity contribution in [3.8, 4) is 0 Å². The number of hydrogen-bond donors (Lipinski definition) is 1. The molecule has 0 saturated heterocycles. The smallest absolute Gasteiger partial charge is 0.252 e. The monoisotopic (exact) mass is 476 g/mol.